The van der Waals surface area contributed by atoms with Crippen molar-refractivity contribution in [2.45, 2.75) is 25.1 Å². The van der Waals surface area contributed by atoms with Gasteiger partial charge in [-0.25, -0.2) is 4.79 Å². The smallest absolute Gasteiger partial charge is 0.416 e. The number of rotatable bonds is 5. The fourth-order valence-corrected chi connectivity index (χ4v) is 3.85. The van der Waals surface area contributed by atoms with Crippen LogP contribution in [0.5, 0.6) is 11.5 Å². The third kappa shape index (κ3) is 6.53. The minimum atomic E-state index is -4.47. The summed E-state index contributed by atoms with van der Waals surface area (Å²) in [5.41, 5.74) is 0.267. The van der Waals surface area contributed by atoms with Gasteiger partial charge >= 0.3 is 12.2 Å². The molecule has 0 bridgehead atoms. The van der Waals surface area contributed by atoms with Crippen LogP contribution in [0.15, 0.2) is 78.9 Å². The number of ether oxygens (including phenoxy) is 1. The number of para-hydroxylation sites is 1. The van der Waals surface area contributed by atoms with Gasteiger partial charge in [-0.1, -0.05) is 30.3 Å². The third-order valence-corrected chi connectivity index (χ3v) is 5.63. The average Bonchev–Trinajstić information content (AvgIpc) is 2.84. The molecule has 1 saturated heterocycles. The molecule has 9 heteroatoms. The van der Waals surface area contributed by atoms with Crippen molar-refractivity contribution >= 4 is 17.6 Å². The number of carbonyl (C=O) groups excluding carboxylic acids is 2. The lowest BCUT2D eigenvalue weighted by Crippen LogP contribution is -2.47. The van der Waals surface area contributed by atoms with Crippen molar-refractivity contribution < 1.29 is 27.5 Å². The Hall–Kier alpha value is -4.01. The molecule has 1 aliphatic heterocycles. The van der Waals surface area contributed by atoms with Crippen LogP contribution >= 0.6 is 0 Å². The van der Waals surface area contributed by atoms with Gasteiger partial charge in [0.05, 0.1) is 5.56 Å². The zero-order chi connectivity index (χ0) is 24.8. The Morgan fingerprint density at radius 3 is 2.20 bits per heavy atom. The number of urea groups is 1. The summed E-state index contributed by atoms with van der Waals surface area (Å²) in [6.45, 7) is 0.932. The average molecular weight is 483 g/mol. The lowest BCUT2D eigenvalue weighted by Gasteiger charge is -2.32. The van der Waals surface area contributed by atoms with E-state index in [2.05, 4.69) is 10.6 Å². The lowest BCUT2D eigenvalue weighted by atomic mass is 10.0. The van der Waals surface area contributed by atoms with Gasteiger partial charge in [0.2, 0.25) is 0 Å². The standard InChI is InChI=1S/C26H24F3N3O3/c27-26(28,29)19-7-5-11-23(17-19)35-22-10-4-6-18(16-22)24(33)32-14-12-21(13-15-32)31-25(34)30-20-8-2-1-3-9-20/h1-11,16-17,21H,12-15H2,(H2,30,31,34). The summed E-state index contributed by atoms with van der Waals surface area (Å²) < 4.78 is 44.4. The Kier molecular flexibility index (Phi) is 7.24. The van der Waals surface area contributed by atoms with Crippen molar-refractivity contribution in [1.82, 2.24) is 10.2 Å². The molecule has 3 aromatic rings. The van der Waals surface area contributed by atoms with E-state index in [1.165, 1.54) is 18.2 Å². The van der Waals surface area contributed by atoms with E-state index in [4.69, 9.17) is 4.74 Å². The first kappa shape index (κ1) is 24.1. The zero-order valence-electron chi connectivity index (χ0n) is 18.7. The summed E-state index contributed by atoms with van der Waals surface area (Å²) in [7, 11) is 0. The second-order valence-corrected chi connectivity index (χ2v) is 8.19. The number of hydrogen-bond donors (Lipinski definition) is 2. The first-order valence-corrected chi connectivity index (χ1v) is 11.1. The topological polar surface area (TPSA) is 70.7 Å². The highest BCUT2D eigenvalue weighted by molar-refractivity contribution is 5.94. The highest BCUT2D eigenvalue weighted by Gasteiger charge is 2.30. The maximum Gasteiger partial charge on any atom is 0.416 e. The number of carbonyl (C=O) groups is 2. The van der Waals surface area contributed by atoms with E-state index in [9.17, 15) is 22.8 Å². The van der Waals surface area contributed by atoms with Crippen LogP contribution in [0.25, 0.3) is 0 Å². The van der Waals surface area contributed by atoms with E-state index < -0.39 is 11.7 Å². The van der Waals surface area contributed by atoms with Crippen LogP contribution in [0, 0.1) is 0 Å². The van der Waals surface area contributed by atoms with E-state index in [1.54, 1.807) is 35.2 Å². The molecule has 0 unspecified atom stereocenters. The predicted molar refractivity (Wildman–Crippen MR) is 125 cm³/mol. The van der Waals surface area contributed by atoms with Crippen LogP contribution in [0.1, 0.15) is 28.8 Å². The molecule has 3 aromatic carbocycles. The molecule has 1 heterocycles. The highest BCUT2D eigenvalue weighted by Crippen LogP contribution is 2.33. The molecule has 1 fully saturated rings. The Balaban J connectivity index is 1.32. The van der Waals surface area contributed by atoms with Crippen LogP contribution in [-0.2, 0) is 6.18 Å². The van der Waals surface area contributed by atoms with Crippen LogP contribution in [0.4, 0.5) is 23.7 Å². The van der Waals surface area contributed by atoms with E-state index in [-0.39, 0.29) is 29.5 Å². The summed E-state index contributed by atoms with van der Waals surface area (Å²) in [5.74, 6) is 0.0982. The first-order chi connectivity index (χ1) is 16.8. The second kappa shape index (κ2) is 10.5. The number of nitrogens with one attached hydrogen (secondary N) is 2. The number of anilines is 1. The summed E-state index contributed by atoms with van der Waals surface area (Å²) in [6.07, 6.45) is -3.26. The normalized spacial score (nSPS) is 14.3. The van der Waals surface area contributed by atoms with E-state index in [0.717, 1.165) is 12.1 Å². The molecule has 0 aliphatic carbocycles. The molecular formula is C26H24F3N3O3. The minimum absolute atomic E-state index is 0.0325. The summed E-state index contributed by atoms with van der Waals surface area (Å²) >= 11 is 0. The molecule has 182 valence electrons. The monoisotopic (exact) mass is 483 g/mol. The zero-order valence-corrected chi connectivity index (χ0v) is 18.7. The van der Waals surface area contributed by atoms with Crippen molar-refractivity contribution in [3.8, 4) is 11.5 Å². The molecule has 0 saturated carbocycles. The Morgan fingerprint density at radius 2 is 1.51 bits per heavy atom. The number of nitrogens with zero attached hydrogens (tertiary/aromatic N) is 1. The Labute approximate surface area is 200 Å². The predicted octanol–water partition coefficient (Wildman–Crippen LogP) is 5.92. The van der Waals surface area contributed by atoms with E-state index in [0.29, 0.717) is 37.2 Å². The van der Waals surface area contributed by atoms with Gasteiger partial charge in [0.15, 0.2) is 0 Å². The van der Waals surface area contributed by atoms with Gasteiger partial charge < -0.3 is 20.3 Å². The molecule has 1 aliphatic rings. The number of hydrogen-bond acceptors (Lipinski definition) is 3. The van der Waals surface area contributed by atoms with Crippen molar-refractivity contribution in [3.05, 3.63) is 90.0 Å². The van der Waals surface area contributed by atoms with Crippen LogP contribution in [0.2, 0.25) is 0 Å². The van der Waals surface area contributed by atoms with Crippen molar-refractivity contribution in [3.63, 3.8) is 0 Å². The van der Waals surface area contributed by atoms with Crippen molar-refractivity contribution in [2.24, 2.45) is 0 Å². The molecule has 0 aromatic heterocycles. The molecule has 2 N–H and O–H groups in total. The van der Waals surface area contributed by atoms with Crippen LogP contribution < -0.4 is 15.4 Å². The van der Waals surface area contributed by atoms with Gasteiger partial charge in [0.25, 0.3) is 5.91 Å². The molecule has 0 spiro atoms. The van der Waals surface area contributed by atoms with Gasteiger partial charge in [-0.2, -0.15) is 13.2 Å². The van der Waals surface area contributed by atoms with Gasteiger partial charge in [0.1, 0.15) is 11.5 Å². The molecule has 0 radical (unpaired) electrons. The van der Waals surface area contributed by atoms with Crippen LogP contribution in [0.3, 0.4) is 0 Å². The van der Waals surface area contributed by atoms with Crippen LogP contribution in [-0.4, -0.2) is 36.0 Å². The van der Waals surface area contributed by atoms with Crippen molar-refractivity contribution in [2.75, 3.05) is 18.4 Å². The van der Waals surface area contributed by atoms with Gasteiger partial charge in [-0.3, -0.25) is 4.79 Å². The molecule has 6 nitrogen and oxygen atoms in total. The summed E-state index contributed by atoms with van der Waals surface area (Å²) in [5, 5.41) is 5.71. The highest BCUT2D eigenvalue weighted by atomic mass is 19.4. The number of amides is 3. The quantitative estimate of drug-likeness (QED) is 0.473. The van der Waals surface area contributed by atoms with Gasteiger partial charge in [-0.15, -0.1) is 0 Å². The maximum absolute atomic E-state index is 13.0. The van der Waals surface area contributed by atoms with Gasteiger partial charge in [0, 0.05) is 30.4 Å². The first-order valence-electron chi connectivity index (χ1n) is 11.1. The molecule has 35 heavy (non-hydrogen) atoms. The number of likely N-dealkylation sites (tertiary alicyclic amines) is 1. The Morgan fingerprint density at radius 1 is 0.857 bits per heavy atom. The van der Waals surface area contributed by atoms with E-state index in [1.807, 2.05) is 18.2 Å². The fourth-order valence-electron chi connectivity index (χ4n) is 3.85. The SMILES string of the molecule is O=C(Nc1ccccc1)NC1CCN(C(=O)c2cccc(Oc3cccc(C(F)(F)F)c3)c2)CC1. The summed E-state index contributed by atoms with van der Waals surface area (Å²) in [6, 6.07) is 19.7. The fraction of sp³-hybridized carbons (Fsp3) is 0.231. The third-order valence-electron chi connectivity index (χ3n) is 5.63. The molecular weight excluding hydrogens is 459 g/mol. The molecule has 3 amide bonds. The number of piperidine rings is 1. The van der Waals surface area contributed by atoms with Gasteiger partial charge in [-0.05, 0) is 61.4 Å². The summed E-state index contributed by atoms with van der Waals surface area (Å²) in [4.78, 5) is 26.9. The van der Waals surface area contributed by atoms with E-state index >= 15 is 0 Å². The maximum atomic E-state index is 13.0. The van der Waals surface area contributed by atoms with Crippen molar-refractivity contribution in [1.29, 1.82) is 0 Å². The molecule has 4 rings (SSSR count). The Bertz CT molecular complexity index is 1180. The minimum Gasteiger partial charge on any atom is -0.457 e. The molecule has 0 atom stereocenters. The number of halogens is 3. The largest absolute Gasteiger partial charge is 0.457 e. The number of benzene rings is 3. The second-order valence-electron chi connectivity index (χ2n) is 8.19. The lowest BCUT2D eigenvalue weighted by molar-refractivity contribution is -0.137. The number of alkyl halides is 3.